The predicted octanol–water partition coefficient (Wildman–Crippen LogP) is 3.19. The summed E-state index contributed by atoms with van der Waals surface area (Å²) in [6.45, 7) is 5.10. The highest BCUT2D eigenvalue weighted by molar-refractivity contribution is 9.10. The topological polar surface area (TPSA) is 37.8 Å². The van der Waals surface area contributed by atoms with Gasteiger partial charge in [0.2, 0.25) is 0 Å². The number of halogens is 1. The van der Waals surface area contributed by atoms with E-state index in [1.54, 1.807) is 0 Å². The second kappa shape index (κ2) is 5.13. The van der Waals surface area contributed by atoms with E-state index in [-0.39, 0.29) is 0 Å². The zero-order chi connectivity index (χ0) is 11.5. The van der Waals surface area contributed by atoms with Crippen molar-refractivity contribution in [2.24, 2.45) is 5.92 Å². The molecule has 0 bridgehead atoms. The molecule has 1 aromatic heterocycles. The quantitative estimate of drug-likeness (QED) is 0.902. The summed E-state index contributed by atoms with van der Waals surface area (Å²) in [4.78, 5) is 9.20. The van der Waals surface area contributed by atoms with Crippen LogP contribution in [-0.2, 0) is 12.8 Å². The molecule has 1 aliphatic carbocycles. The summed E-state index contributed by atoms with van der Waals surface area (Å²) < 4.78 is 1.02. The first kappa shape index (κ1) is 11.8. The van der Waals surface area contributed by atoms with Crippen molar-refractivity contribution in [3.8, 4) is 0 Å². The lowest BCUT2D eigenvalue weighted by molar-refractivity contribution is 0.756. The number of hydrogen-bond acceptors (Lipinski definition) is 3. The van der Waals surface area contributed by atoms with E-state index in [0.717, 1.165) is 47.1 Å². The highest BCUT2D eigenvalue weighted by Crippen LogP contribution is 2.33. The summed E-state index contributed by atoms with van der Waals surface area (Å²) in [6, 6.07) is 0. The van der Waals surface area contributed by atoms with Crippen molar-refractivity contribution >= 4 is 21.7 Å². The number of aryl methyl sites for hydroxylation is 1. The molecule has 1 heterocycles. The fourth-order valence-electron chi connectivity index (χ4n) is 1.73. The zero-order valence-corrected chi connectivity index (χ0v) is 11.5. The molecule has 0 radical (unpaired) electrons. The van der Waals surface area contributed by atoms with Gasteiger partial charge in [0.05, 0.1) is 10.2 Å². The van der Waals surface area contributed by atoms with Crippen LogP contribution in [0.1, 0.15) is 38.2 Å². The highest BCUT2D eigenvalue weighted by atomic mass is 79.9. The van der Waals surface area contributed by atoms with E-state index in [2.05, 4.69) is 45.1 Å². The summed E-state index contributed by atoms with van der Waals surface area (Å²) in [5, 5.41) is 3.29. The fourth-order valence-corrected chi connectivity index (χ4v) is 2.33. The van der Waals surface area contributed by atoms with Gasteiger partial charge < -0.3 is 5.32 Å². The molecule has 0 aliphatic heterocycles. The van der Waals surface area contributed by atoms with E-state index in [0.29, 0.717) is 0 Å². The molecule has 1 N–H and O–H groups in total. The molecule has 1 saturated carbocycles. The number of anilines is 1. The van der Waals surface area contributed by atoms with E-state index in [1.807, 2.05) is 0 Å². The van der Waals surface area contributed by atoms with Crippen LogP contribution in [0.25, 0.3) is 0 Å². The first-order chi connectivity index (χ1) is 7.74. The van der Waals surface area contributed by atoms with Crippen molar-refractivity contribution in [1.29, 1.82) is 0 Å². The van der Waals surface area contributed by atoms with Gasteiger partial charge in [-0.25, -0.2) is 9.97 Å². The average molecular weight is 284 g/mol. The minimum atomic E-state index is 0.834. The van der Waals surface area contributed by atoms with E-state index >= 15 is 0 Å². The van der Waals surface area contributed by atoms with Gasteiger partial charge in [-0.15, -0.1) is 0 Å². The lowest BCUT2D eigenvalue weighted by Gasteiger charge is -2.10. The summed E-state index contributed by atoms with van der Waals surface area (Å²) in [5.74, 6) is 2.78. The maximum Gasteiger partial charge on any atom is 0.144 e. The lowest BCUT2D eigenvalue weighted by atomic mass is 10.2. The smallest absolute Gasteiger partial charge is 0.144 e. The van der Waals surface area contributed by atoms with Crippen molar-refractivity contribution in [3.05, 3.63) is 16.0 Å². The van der Waals surface area contributed by atoms with Gasteiger partial charge in [0, 0.05) is 13.0 Å². The normalized spacial score (nSPS) is 15.2. The van der Waals surface area contributed by atoms with Crippen LogP contribution in [0.15, 0.2) is 4.47 Å². The number of rotatable bonds is 5. The third kappa shape index (κ3) is 2.73. The molecule has 0 spiro atoms. The van der Waals surface area contributed by atoms with E-state index < -0.39 is 0 Å². The average Bonchev–Trinajstić information content (AvgIpc) is 3.07. The third-order valence-corrected chi connectivity index (χ3v) is 3.65. The van der Waals surface area contributed by atoms with E-state index in [9.17, 15) is 0 Å². The van der Waals surface area contributed by atoms with Gasteiger partial charge in [0.1, 0.15) is 11.6 Å². The molecule has 0 unspecified atom stereocenters. The molecule has 16 heavy (non-hydrogen) atoms. The van der Waals surface area contributed by atoms with Crippen LogP contribution in [0.2, 0.25) is 0 Å². The Kier molecular flexibility index (Phi) is 3.79. The predicted molar refractivity (Wildman–Crippen MR) is 69.7 cm³/mol. The van der Waals surface area contributed by atoms with Crippen LogP contribution in [0.5, 0.6) is 0 Å². The Bertz CT molecular complexity index is 375. The second-order valence-corrected chi connectivity index (χ2v) is 5.07. The van der Waals surface area contributed by atoms with Crippen molar-refractivity contribution < 1.29 is 0 Å². The lowest BCUT2D eigenvalue weighted by Crippen LogP contribution is -2.08. The number of hydrogen-bond donors (Lipinski definition) is 1. The summed E-state index contributed by atoms with van der Waals surface area (Å²) >= 11 is 3.57. The van der Waals surface area contributed by atoms with Crippen molar-refractivity contribution in [3.63, 3.8) is 0 Å². The standard InChI is InChI=1S/C12H18BrN3/c1-3-9-11(13)12(14-4-2)16-10(15-9)7-8-5-6-8/h8H,3-7H2,1-2H3,(H,14,15,16). The molecule has 1 fully saturated rings. The number of nitrogens with zero attached hydrogens (tertiary/aromatic N) is 2. The maximum atomic E-state index is 4.62. The minimum Gasteiger partial charge on any atom is -0.369 e. The fraction of sp³-hybridized carbons (Fsp3) is 0.667. The molecule has 1 aliphatic rings. The van der Waals surface area contributed by atoms with Crippen LogP contribution in [-0.4, -0.2) is 16.5 Å². The summed E-state index contributed by atoms with van der Waals surface area (Å²) in [6.07, 6.45) is 4.67. The SMILES string of the molecule is CCNc1nc(CC2CC2)nc(CC)c1Br. The molecular formula is C12H18BrN3. The van der Waals surface area contributed by atoms with Crippen molar-refractivity contribution in [2.75, 3.05) is 11.9 Å². The summed E-state index contributed by atoms with van der Waals surface area (Å²) in [7, 11) is 0. The number of nitrogens with one attached hydrogen (secondary N) is 1. The summed E-state index contributed by atoms with van der Waals surface area (Å²) in [5.41, 5.74) is 1.11. The van der Waals surface area contributed by atoms with Gasteiger partial charge in [0.25, 0.3) is 0 Å². The zero-order valence-electron chi connectivity index (χ0n) is 9.89. The third-order valence-electron chi connectivity index (χ3n) is 2.81. The van der Waals surface area contributed by atoms with Gasteiger partial charge in [0.15, 0.2) is 0 Å². The first-order valence-electron chi connectivity index (χ1n) is 6.03. The second-order valence-electron chi connectivity index (χ2n) is 4.28. The van der Waals surface area contributed by atoms with Crippen molar-refractivity contribution in [2.45, 2.75) is 39.5 Å². The number of aromatic nitrogens is 2. The van der Waals surface area contributed by atoms with E-state index in [4.69, 9.17) is 0 Å². The van der Waals surface area contributed by atoms with Gasteiger partial charge in [-0.1, -0.05) is 6.92 Å². The molecule has 0 amide bonds. The Morgan fingerprint density at radius 2 is 2.06 bits per heavy atom. The van der Waals surface area contributed by atoms with Crippen LogP contribution >= 0.6 is 15.9 Å². The Labute approximate surface area is 105 Å². The maximum absolute atomic E-state index is 4.62. The van der Waals surface area contributed by atoms with Crippen LogP contribution < -0.4 is 5.32 Å². The van der Waals surface area contributed by atoms with Crippen LogP contribution in [0, 0.1) is 5.92 Å². The monoisotopic (exact) mass is 283 g/mol. The van der Waals surface area contributed by atoms with Gasteiger partial charge in [-0.2, -0.15) is 0 Å². The minimum absolute atomic E-state index is 0.834. The molecule has 3 nitrogen and oxygen atoms in total. The molecule has 4 heteroatoms. The molecule has 2 rings (SSSR count). The van der Waals surface area contributed by atoms with E-state index in [1.165, 1.54) is 12.8 Å². The first-order valence-corrected chi connectivity index (χ1v) is 6.83. The van der Waals surface area contributed by atoms with Crippen molar-refractivity contribution in [1.82, 2.24) is 9.97 Å². The molecule has 0 atom stereocenters. The Morgan fingerprint density at radius 1 is 1.31 bits per heavy atom. The van der Waals surface area contributed by atoms with Gasteiger partial charge >= 0.3 is 0 Å². The largest absolute Gasteiger partial charge is 0.369 e. The Morgan fingerprint density at radius 3 is 2.62 bits per heavy atom. The molecule has 88 valence electrons. The molecule has 1 aromatic rings. The highest BCUT2D eigenvalue weighted by Gasteiger charge is 2.23. The Hall–Kier alpha value is -0.640. The van der Waals surface area contributed by atoms with Gasteiger partial charge in [-0.05, 0) is 48.0 Å². The van der Waals surface area contributed by atoms with Crippen LogP contribution in [0.3, 0.4) is 0 Å². The molecule has 0 saturated heterocycles. The van der Waals surface area contributed by atoms with Gasteiger partial charge in [-0.3, -0.25) is 0 Å². The van der Waals surface area contributed by atoms with Crippen LogP contribution in [0.4, 0.5) is 5.82 Å². The Balaban J connectivity index is 2.26. The molecular weight excluding hydrogens is 266 g/mol. The molecule has 0 aromatic carbocycles.